The van der Waals surface area contributed by atoms with Gasteiger partial charge in [0.1, 0.15) is 0 Å². The third-order valence-electron chi connectivity index (χ3n) is 5.83. The molecule has 7 nitrogen and oxygen atoms in total. The van der Waals surface area contributed by atoms with Crippen LogP contribution in [0.4, 0.5) is 5.13 Å². The van der Waals surface area contributed by atoms with Crippen LogP contribution in [0, 0.1) is 0 Å². The summed E-state index contributed by atoms with van der Waals surface area (Å²) in [6, 6.07) is 8.96. The van der Waals surface area contributed by atoms with Crippen LogP contribution >= 0.6 is 11.3 Å². The van der Waals surface area contributed by atoms with Crippen molar-refractivity contribution in [1.29, 1.82) is 0 Å². The maximum Gasteiger partial charge on any atom is 0.332 e. The predicted molar refractivity (Wildman–Crippen MR) is 110 cm³/mol. The number of thiazole rings is 1. The first-order valence-electron chi connectivity index (χ1n) is 9.83. The minimum Gasteiger partial charge on any atom is -0.359 e. The fourth-order valence-corrected chi connectivity index (χ4v) is 5.33. The van der Waals surface area contributed by atoms with E-state index in [0.717, 1.165) is 54.0 Å². The molecule has 0 radical (unpaired) electrons. The molecule has 142 valence electrons. The van der Waals surface area contributed by atoms with Gasteiger partial charge in [-0.05, 0) is 44.2 Å². The molecule has 2 atom stereocenters. The minimum atomic E-state index is 0.0503. The molecular formula is C20H20N6OS. The highest BCUT2D eigenvalue weighted by atomic mass is 32.1. The van der Waals surface area contributed by atoms with Crippen molar-refractivity contribution in [1.82, 2.24) is 24.1 Å². The first kappa shape index (κ1) is 16.2. The Bertz CT molecular complexity index is 1200. The lowest BCUT2D eigenvalue weighted by atomic mass is 10.2. The average Bonchev–Trinajstić information content (AvgIpc) is 3.17. The summed E-state index contributed by atoms with van der Waals surface area (Å²) < 4.78 is 4.94. The van der Waals surface area contributed by atoms with Crippen molar-refractivity contribution in [3.05, 3.63) is 47.1 Å². The summed E-state index contributed by atoms with van der Waals surface area (Å²) in [6.07, 6.45) is 8.35. The minimum absolute atomic E-state index is 0.0503. The van der Waals surface area contributed by atoms with Gasteiger partial charge in [0.25, 0.3) is 0 Å². The van der Waals surface area contributed by atoms with Gasteiger partial charge >= 0.3 is 5.69 Å². The number of para-hydroxylation sites is 1. The molecule has 28 heavy (non-hydrogen) atoms. The lowest BCUT2D eigenvalue weighted by Gasteiger charge is -2.13. The Morgan fingerprint density at radius 1 is 0.964 bits per heavy atom. The van der Waals surface area contributed by atoms with E-state index in [2.05, 4.69) is 26.3 Å². The first-order chi connectivity index (χ1) is 13.8. The normalized spacial score (nSPS) is 22.3. The van der Waals surface area contributed by atoms with Crippen molar-refractivity contribution in [3.8, 4) is 0 Å². The van der Waals surface area contributed by atoms with E-state index in [0.29, 0.717) is 12.1 Å². The van der Waals surface area contributed by atoms with Gasteiger partial charge in [0.05, 0.1) is 10.2 Å². The van der Waals surface area contributed by atoms with Gasteiger partial charge in [-0.1, -0.05) is 23.5 Å². The van der Waals surface area contributed by atoms with Crippen LogP contribution in [-0.4, -0.2) is 30.1 Å². The van der Waals surface area contributed by atoms with E-state index in [4.69, 9.17) is 0 Å². The summed E-state index contributed by atoms with van der Waals surface area (Å²) in [5.41, 5.74) is 2.54. The number of rotatable bonds is 4. The number of hydrogen-bond donors (Lipinski definition) is 1. The molecule has 2 fully saturated rings. The van der Waals surface area contributed by atoms with Crippen LogP contribution in [0.25, 0.3) is 21.5 Å². The van der Waals surface area contributed by atoms with Gasteiger partial charge in [-0.25, -0.2) is 19.7 Å². The van der Waals surface area contributed by atoms with E-state index in [-0.39, 0.29) is 11.7 Å². The van der Waals surface area contributed by atoms with Gasteiger partial charge in [-0.15, -0.1) is 0 Å². The molecular weight excluding hydrogens is 372 g/mol. The van der Waals surface area contributed by atoms with E-state index in [9.17, 15) is 4.79 Å². The first-order valence-corrected chi connectivity index (χ1v) is 10.6. The molecule has 4 aromatic rings. The summed E-state index contributed by atoms with van der Waals surface area (Å²) in [6.45, 7) is 0. The van der Waals surface area contributed by atoms with Crippen molar-refractivity contribution >= 4 is 38.0 Å². The number of anilines is 1. The van der Waals surface area contributed by atoms with Crippen molar-refractivity contribution in [3.63, 3.8) is 0 Å². The SMILES string of the molecule is O=c1n(C2CC2)c2nccnc2n1C1CCC(Nc2nc3ccccc3s2)C1. The maximum absolute atomic E-state index is 13.2. The Morgan fingerprint density at radius 2 is 1.68 bits per heavy atom. The largest absolute Gasteiger partial charge is 0.359 e. The van der Waals surface area contributed by atoms with E-state index in [1.807, 2.05) is 27.3 Å². The van der Waals surface area contributed by atoms with Gasteiger partial charge in [0.2, 0.25) is 0 Å². The van der Waals surface area contributed by atoms with Crippen LogP contribution in [0.3, 0.4) is 0 Å². The topological polar surface area (TPSA) is 77.6 Å². The zero-order valence-corrected chi connectivity index (χ0v) is 16.1. The summed E-state index contributed by atoms with van der Waals surface area (Å²) in [5.74, 6) is 0. The average molecular weight is 392 g/mol. The fraction of sp³-hybridized carbons (Fsp3) is 0.400. The number of benzene rings is 1. The molecule has 1 aromatic carbocycles. The fourth-order valence-electron chi connectivity index (χ4n) is 4.38. The maximum atomic E-state index is 13.2. The number of fused-ring (bicyclic) bond motifs is 2. The van der Waals surface area contributed by atoms with Crippen LogP contribution in [0.5, 0.6) is 0 Å². The molecule has 0 spiro atoms. The van der Waals surface area contributed by atoms with Crippen LogP contribution < -0.4 is 11.0 Å². The molecule has 0 amide bonds. The molecule has 6 rings (SSSR count). The van der Waals surface area contributed by atoms with Crippen molar-refractivity contribution in [2.45, 2.75) is 50.2 Å². The van der Waals surface area contributed by atoms with E-state index < -0.39 is 0 Å². The van der Waals surface area contributed by atoms with Crippen LogP contribution in [0.15, 0.2) is 41.5 Å². The van der Waals surface area contributed by atoms with Crippen molar-refractivity contribution < 1.29 is 0 Å². The molecule has 8 heteroatoms. The summed E-state index contributed by atoms with van der Waals surface area (Å²) >= 11 is 1.69. The van der Waals surface area contributed by atoms with Crippen molar-refractivity contribution in [2.75, 3.05) is 5.32 Å². The molecule has 0 saturated heterocycles. The predicted octanol–water partition coefficient (Wildman–Crippen LogP) is 3.74. The number of aromatic nitrogens is 5. The second-order valence-corrected chi connectivity index (χ2v) is 8.78. The monoisotopic (exact) mass is 392 g/mol. The van der Waals surface area contributed by atoms with E-state index in [1.54, 1.807) is 23.7 Å². The standard InChI is InChI=1S/C20H20N6OS/c27-20-25(13-7-8-13)17-18(22-10-9-21-17)26(20)14-6-5-12(11-14)23-19-24-15-3-1-2-4-16(15)28-19/h1-4,9-10,12-14H,5-8,11H2,(H,23,24). The molecule has 1 N–H and O–H groups in total. The number of imidazole rings is 1. The summed E-state index contributed by atoms with van der Waals surface area (Å²) in [4.78, 5) is 26.8. The Labute approximate surface area is 165 Å². The van der Waals surface area contributed by atoms with Crippen LogP contribution in [0.2, 0.25) is 0 Å². The molecule has 2 unspecified atom stereocenters. The van der Waals surface area contributed by atoms with E-state index >= 15 is 0 Å². The summed E-state index contributed by atoms with van der Waals surface area (Å²) in [5, 5.41) is 4.55. The third-order valence-corrected chi connectivity index (χ3v) is 6.80. The Balaban J connectivity index is 1.29. The smallest absolute Gasteiger partial charge is 0.332 e. The molecule has 3 aromatic heterocycles. The highest BCUT2D eigenvalue weighted by Crippen LogP contribution is 2.38. The van der Waals surface area contributed by atoms with Gasteiger partial charge in [-0.2, -0.15) is 0 Å². The lowest BCUT2D eigenvalue weighted by Crippen LogP contribution is -2.27. The Hall–Kier alpha value is -2.74. The zero-order chi connectivity index (χ0) is 18.7. The molecule has 3 heterocycles. The highest BCUT2D eigenvalue weighted by Gasteiger charge is 2.34. The van der Waals surface area contributed by atoms with Crippen molar-refractivity contribution in [2.24, 2.45) is 0 Å². The Kier molecular flexibility index (Phi) is 3.56. The molecule has 2 aliphatic rings. The second kappa shape index (κ2) is 6.13. The number of nitrogens with one attached hydrogen (secondary N) is 1. The summed E-state index contributed by atoms with van der Waals surface area (Å²) in [7, 11) is 0. The third kappa shape index (κ3) is 2.55. The highest BCUT2D eigenvalue weighted by molar-refractivity contribution is 7.22. The Morgan fingerprint density at radius 3 is 2.43 bits per heavy atom. The number of nitrogens with zero attached hydrogens (tertiary/aromatic N) is 5. The van der Waals surface area contributed by atoms with Gasteiger partial charge < -0.3 is 5.32 Å². The lowest BCUT2D eigenvalue weighted by molar-refractivity contribution is 0.496. The number of hydrogen-bond acceptors (Lipinski definition) is 6. The van der Waals surface area contributed by atoms with Gasteiger partial charge in [0.15, 0.2) is 16.4 Å². The van der Waals surface area contributed by atoms with E-state index in [1.165, 1.54) is 4.70 Å². The van der Waals surface area contributed by atoms with Gasteiger partial charge in [-0.3, -0.25) is 9.13 Å². The molecule has 0 aliphatic heterocycles. The second-order valence-electron chi connectivity index (χ2n) is 7.75. The molecule has 2 saturated carbocycles. The van der Waals surface area contributed by atoms with Gasteiger partial charge in [0, 0.05) is 30.5 Å². The zero-order valence-electron chi connectivity index (χ0n) is 15.3. The quantitative estimate of drug-likeness (QED) is 0.572. The van der Waals surface area contributed by atoms with Crippen LogP contribution in [-0.2, 0) is 0 Å². The molecule has 2 aliphatic carbocycles. The molecule has 0 bridgehead atoms. The van der Waals surface area contributed by atoms with Crippen LogP contribution in [0.1, 0.15) is 44.2 Å².